The first kappa shape index (κ1) is 23.0. The van der Waals surface area contributed by atoms with E-state index in [4.69, 9.17) is 5.10 Å². The van der Waals surface area contributed by atoms with Crippen LogP contribution in [0.1, 0.15) is 35.2 Å². The number of piperidine rings is 1. The molecule has 172 valence electrons. The van der Waals surface area contributed by atoms with Gasteiger partial charge in [-0.05, 0) is 55.2 Å². The van der Waals surface area contributed by atoms with Crippen LogP contribution in [0.15, 0.2) is 107 Å². The van der Waals surface area contributed by atoms with E-state index in [1.165, 1.54) is 6.42 Å². The first-order chi connectivity index (χ1) is 16.8. The summed E-state index contributed by atoms with van der Waals surface area (Å²) in [7, 11) is 0. The lowest BCUT2D eigenvalue weighted by molar-refractivity contribution is 0.0955. The average molecular weight is 452 g/mol. The second kappa shape index (κ2) is 12.2. The molecule has 1 fully saturated rings. The number of nitrogens with zero attached hydrogens (tertiary/aromatic N) is 3. The van der Waals surface area contributed by atoms with Crippen LogP contribution in [0, 0.1) is 0 Å². The lowest BCUT2D eigenvalue weighted by Crippen LogP contribution is -2.41. The molecule has 0 spiro atoms. The summed E-state index contributed by atoms with van der Waals surface area (Å²) in [6.45, 7) is 1.78. The molecule has 0 aromatic heterocycles. The van der Waals surface area contributed by atoms with E-state index in [0.717, 1.165) is 37.2 Å². The monoisotopic (exact) mass is 451 g/mol. The minimum absolute atomic E-state index is 0.264. The van der Waals surface area contributed by atoms with Crippen LogP contribution in [0.4, 0.5) is 5.69 Å². The average Bonchev–Trinajstić information content (AvgIpc) is 2.92. The van der Waals surface area contributed by atoms with Gasteiger partial charge in [-0.25, -0.2) is 5.43 Å². The fourth-order valence-electron chi connectivity index (χ4n) is 3.69. The number of benzene rings is 3. The van der Waals surface area contributed by atoms with Crippen molar-refractivity contribution in [1.29, 1.82) is 0 Å². The van der Waals surface area contributed by atoms with Crippen LogP contribution in [-0.2, 0) is 0 Å². The number of nitrogens with one attached hydrogen (secondary N) is 2. The minimum atomic E-state index is -0.264. The molecule has 6 heteroatoms. The first-order valence-corrected chi connectivity index (χ1v) is 11.6. The van der Waals surface area contributed by atoms with Crippen molar-refractivity contribution in [3.05, 3.63) is 108 Å². The SMILES string of the molecule is O=C(N/N=C(/C=C/c1ccccc1)C(=N/Nc1ccccc1)\N1CCCCC1)c1ccccc1. The van der Waals surface area contributed by atoms with E-state index >= 15 is 0 Å². The number of anilines is 1. The standard InChI is InChI=1S/C28H29N5O/c34-28(24-15-7-2-8-16-24)32-30-26(20-19-23-13-5-1-6-14-23)27(33-21-11-4-12-22-33)31-29-25-17-9-3-10-18-25/h1-3,5-10,13-20,29H,4,11-12,21-22H2,(H,32,34)/b20-19+,30-26-,31-27+. The second-order valence-electron chi connectivity index (χ2n) is 8.01. The van der Waals surface area contributed by atoms with E-state index < -0.39 is 0 Å². The maximum Gasteiger partial charge on any atom is 0.271 e. The summed E-state index contributed by atoms with van der Waals surface area (Å²) in [4.78, 5) is 14.9. The van der Waals surface area contributed by atoms with Gasteiger partial charge in [-0.1, -0.05) is 72.8 Å². The van der Waals surface area contributed by atoms with Crippen molar-refractivity contribution in [2.24, 2.45) is 10.2 Å². The molecule has 0 unspecified atom stereocenters. The van der Waals surface area contributed by atoms with Gasteiger partial charge >= 0.3 is 0 Å². The van der Waals surface area contributed by atoms with Crippen LogP contribution < -0.4 is 10.9 Å². The largest absolute Gasteiger partial charge is 0.353 e. The smallest absolute Gasteiger partial charge is 0.271 e. The third-order valence-corrected chi connectivity index (χ3v) is 5.50. The minimum Gasteiger partial charge on any atom is -0.353 e. The van der Waals surface area contributed by atoms with Gasteiger partial charge in [0, 0.05) is 18.7 Å². The number of carbonyl (C=O) groups is 1. The molecular formula is C28H29N5O. The molecule has 1 saturated heterocycles. The zero-order valence-electron chi connectivity index (χ0n) is 19.1. The van der Waals surface area contributed by atoms with Gasteiger partial charge in [-0.15, -0.1) is 0 Å². The number of amidine groups is 1. The Labute approximate surface area is 200 Å². The zero-order valence-corrected chi connectivity index (χ0v) is 19.1. The van der Waals surface area contributed by atoms with Crippen molar-refractivity contribution in [2.75, 3.05) is 18.5 Å². The Morgan fingerprint density at radius 2 is 1.38 bits per heavy atom. The maximum atomic E-state index is 12.7. The predicted molar refractivity (Wildman–Crippen MR) is 140 cm³/mol. The summed E-state index contributed by atoms with van der Waals surface area (Å²) in [6, 6.07) is 28.9. The van der Waals surface area contributed by atoms with E-state index in [0.29, 0.717) is 17.1 Å². The predicted octanol–water partition coefficient (Wildman–Crippen LogP) is 5.40. The molecule has 1 aliphatic heterocycles. The normalized spacial score (nSPS) is 14.8. The third kappa shape index (κ3) is 6.65. The highest BCUT2D eigenvalue weighted by atomic mass is 16.2. The third-order valence-electron chi connectivity index (χ3n) is 5.50. The number of hydrogen-bond acceptors (Lipinski definition) is 4. The summed E-state index contributed by atoms with van der Waals surface area (Å²) in [5.41, 5.74) is 8.93. The number of hydrogen-bond donors (Lipinski definition) is 2. The van der Waals surface area contributed by atoms with Crippen LogP contribution in [-0.4, -0.2) is 35.4 Å². The molecule has 0 atom stereocenters. The maximum absolute atomic E-state index is 12.7. The number of carbonyl (C=O) groups excluding carboxylic acids is 1. The van der Waals surface area contributed by atoms with Crippen LogP contribution in [0.5, 0.6) is 0 Å². The highest BCUT2D eigenvalue weighted by molar-refractivity contribution is 6.46. The second-order valence-corrected chi connectivity index (χ2v) is 8.01. The molecule has 0 radical (unpaired) electrons. The molecule has 1 aliphatic rings. The van der Waals surface area contributed by atoms with E-state index in [1.807, 2.05) is 91.0 Å². The Morgan fingerprint density at radius 1 is 0.765 bits per heavy atom. The van der Waals surface area contributed by atoms with Crippen LogP contribution in [0.3, 0.4) is 0 Å². The molecule has 0 saturated carbocycles. The van der Waals surface area contributed by atoms with Crippen molar-refractivity contribution in [2.45, 2.75) is 19.3 Å². The number of rotatable bonds is 7. The Bertz CT molecular complexity index is 1140. The Balaban J connectivity index is 1.67. The molecule has 3 aromatic rings. The van der Waals surface area contributed by atoms with E-state index in [1.54, 1.807) is 12.1 Å². The fraction of sp³-hybridized carbons (Fsp3) is 0.179. The zero-order chi connectivity index (χ0) is 23.4. The molecule has 0 bridgehead atoms. The van der Waals surface area contributed by atoms with Crippen molar-refractivity contribution >= 4 is 29.2 Å². The van der Waals surface area contributed by atoms with Gasteiger partial charge in [0.2, 0.25) is 0 Å². The summed E-state index contributed by atoms with van der Waals surface area (Å²) < 4.78 is 0. The molecule has 1 heterocycles. The summed E-state index contributed by atoms with van der Waals surface area (Å²) in [6.07, 6.45) is 7.27. The van der Waals surface area contributed by atoms with Gasteiger partial charge in [0.05, 0.1) is 5.69 Å². The van der Waals surface area contributed by atoms with Crippen molar-refractivity contribution < 1.29 is 4.79 Å². The molecule has 0 aliphatic carbocycles. The van der Waals surface area contributed by atoms with Crippen LogP contribution >= 0.6 is 0 Å². The molecule has 3 aromatic carbocycles. The van der Waals surface area contributed by atoms with Crippen molar-refractivity contribution in [3.63, 3.8) is 0 Å². The summed E-state index contributed by atoms with van der Waals surface area (Å²) >= 11 is 0. The molecule has 2 N–H and O–H groups in total. The highest BCUT2D eigenvalue weighted by Gasteiger charge is 2.19. The molecule has 4 rings (SSSR count). The number of amides is 1. The van der Waals surface area contributed by atoms with Gasteiger partial charge in [0.1, 0.15) is 5.71 Å². The topological polar surface area (TPSA) is 69.1 Å². The Kier molecular flexibility index (Phi) is 8.22. The van der Waals surface area contributed by atoms with Crippen LogP contribution in [0.25, 0.3) is 6.08 Å². The molecule has 1 amide bonds. The molecular weight excluding hydrogens is 422 g/mol. The van der Waals surface area contributed by atoms with Crippen molar-refractivity contribution in [3.8, 4) is 0 Å². The molecule has 34 heavy (non-hydrogen) atoms. The van der Waals surface area contributed by atoms with E-state index in [2.05, 4.69) is 20.9 Å². The van der Waals surface area contributed by atoms with Gasteiger partial charge in [-0.2, -0.15) is 10.2 Å². The Hall–Kier alpha value is -4.19. The van der Waals surface area contributed by atoms with Gasteiger partial charge in [0.25, 0.3) is 5.91 Å². The van der Waals surface area contributed by atoms with E-state index in [9.17, 15) is 4.79 Å². The number of likely N-dealkylation sites (tertiary alicyclic amines) is 1. The van der Waals surface area contributed by atoms with Gasteiger partial charge in [-0.3, -0.25) is 10.2 Å². The fourth-order valence-corrected chi connectivity index (χ4v) is 3.69. The number of para-hydroxylation sites is 1. The number of hydrazone groups is 2. The highest BCUT2D eigenvalue weighted by Crippen LogP contribution is 2.13. The quantitative estimate of drug-likeness (QED) is 0.287. The lowest BCUT2D eigenvalue weighted by atomic mass is 10.1. The van der Waals surface area contributed by atoms with E-state index in [-0.39, 0.29) is 5.91 Å². The summed E-state index contributed by atoms with van der Waals surface area (Å²) in [5.74, 6) is 0.435. The summed E-state index contributed by atoms with van der Waals surface area (Å²) in [5, 5.41) is 9.26. The lowest BCUT2D eigenvalue weighted by Gasteiger charge is -2.29. The Morgan fingerprint density at radius 3 is 2.06 bits per heavy atom. The van der Waals surface area contributed by atoms with Crippen molar-refractivity contribution in [1.82, 2.24) is 10.3 Å². The molecule has 6 nitrogen and oxygen atoms in total. The van der Waals surface area contributed by atoms with Crippen LogP contribution in [0.2, 0.25) is 0 Å². The first-order valence-electron chi connectivity index (χ1n) is 11.6. The van der Waals surface area contributed by atoms with Gasteiger partial charge < -0.3 is 4.90 Å². The van der Waals surface area contributed by atoms with Gasteiger partial charge in [0.15, 0.2) is 5.84 Å².